The molecule has 2 atom stereocenters. The molecule has 1 aliphatic heterocycles. The van der Waals surface area contributed by atoms with Crippen LogP contribution in [0.1, 0.15) is 25.3 Å². The van der Waals surface area contributed by atoms with Gasteiger partial charge in [0.05, 0.1) is 5.52 Å². The van der Waals surface area contributed by atoms with Crippen molar-refractivity contribution >= 4 is 10.9 Å². The van der Waals surface area contributed by atoms with Gasteiger partial charge in [0.1, 0.15) is 5.82 Å². The van der Waals surface area contributed by atoms with Gasteiger partial charge < -0.3 is 5.73 Å². The third kappa shape index (κ3) is 3.06. The molecule has 112 valence electrons. The Balaban J connectivity index is 1.83. The van der Waals surface area contributed by atoms with Gasteiger partial charge >= 0.3 is 0 Å². The Morgan fingerprint density at radius 2 is 2.29 bits per heavy atom. The minimum Gasteiger partial charge on any atom is -0.328 e. The van der Waals surface area contributed by atoms with Crippen LogP contribution in [0.25, 0.3) is 10.9 Å². The highest BCUT2D eigenvalue weighted by Gasteiger charge is 2.23. The van der Waals surface area contributed by atoms with Crippen LogP contribution in [0.2, 0.25) is 0 Å². The third-order valence-electron chi connectivity index (χ3n) is 4.48. The molecular weight excluding hydrogens is 265 g/mol. The van der Waals surface area contributed by atoms with Crippen molar-refractivity contribution in [1.82, 2.24) is 9.88 Å². The van der Waals surface area contributed by atoms with Gasteiger partial charge in [-0.3, -0.25) is 9.88 Å². The number of likely N-dealkylation sites (tertiary alicyclic amines) is 1. The molecule has 2 N–H and O–H groups in total. The van der Waals surface area contributed by atoms with Crippen molar-refractivity contribution in [3.05, 3.63) is 41.8 Å². The fraction of sp³-hybridized carbons (Fsp3) is 0.471. The third-order valence-corrected chi connectivity index (χ3v) is 4.48. The van der Waals surface area contributed by atoms with Crippen LogP contribution in [0.5, 0.6) is 0 Å². The van der Waals surface area contributed by atoms with Gasteiger partial charge in [-0.05, 0) is 56.0 Å². The lowest BCUT2D eigenvalue weighted by Crippen LogP contribution is -2.41. The smallest absolute Gasteiger partial charge is 0.132 e. The molecule has 1 aromatic heterocycles. The van der Waals surface area contributed by atoms with Gasteiger partial charge in [0, 0.05) is 30.7 Å². The number of fused-ring (bicyclic) bond motifs is 1. The second kappa shape index (κ2) is 6.08. The molecule has 1 aromatic carbocycles. The summed E-state index contributed by atoms with van der Waals surface area (Å²) < 4.78 is 13.8. The largest absolute Gasteiger partial charge is 0.328 e. The van der Waals surface area contributed by atoms with E-state index in [-0.39, 0.29) is 11.9 Å². The molecular formula is C17H22FN3. The van der Waals surface area contributed by atoms with Gasteiger partial charge in [0.2, 0.25) is 0 Å². The van der Waals surface area contributed by atoms with E-state index in [2.05, 4.69) is 16.8 Å². The maximum atomic E-state index is 13.8. The number of hydrogen-bond acceptors (Lipinski definition) is 3. The Kier molecular flexibility index (Phi) is 4.17. The van der Waals surface area contributed by atoms with E-state index in [1.54, 1.807) is 24.4 Å². The first kappa shape index (κ1) is 14.4. The van der Waals surface area contributed by atoms with E-state index in [1.807, 2.05) is 6.07 Å². The first-order valence-corrected chi connectivity index (χ1v) is 7.65. The summed E-state index contributed by atoms with van der Waals surface area (Å²) in [5.74, 6) is 0.354. The Hall–Kier alpha value is -1.52. The fourth-order valence-corrected chi connectivity index (χ4v) is 3.23. The van der Waals surface area contributed by atoms with E-state index in [9.17, 15) is 4.39 Å². The Labute approximate surface area is 125 Å². The number of nitrogens with zero attached hydrogens (tertiary/aromatic N) is 2. The summed E-state index contributed by atoms with van der Waals surface area (Å²) in [7, 11) is 0. The van der Waals surface area contributed by atoms with Gasteiger partial charge in [-0.1, -0.05) is 6.07 Å². The molecule has 0 bridgehead atoms. The van der Waals surface area contributed by atoms with Crippen LogP contribution in [0.15, 0.2) is 30.5 Å². The van der Waals surface area contributed by atoms with Crippen molar-refractivity contribution in [3.8, 4) is 0 Å². The van der Waals surface area contributed by atoms with Gasteiger partial charge in [-0.15, -0.1) is 0 Å². The molecule has 2 aromatic rings. The number of piperidine rings is 1. The van der Waals surface area contributed by atoms with Gasteiger partial charge in [-0.25, -0.2) is 4.39 Å². The molecule has 0 radical (unpaired) electrons. The van der Waals surface area contributed by atoms with Crippen LogP contribution in [0.4, 0.5) is 4.39 Å². The molecule has 1 aliphatic rings. The lowest BCUT2D eigenvalue weighted by atomic mass is 9.92. The number of nitrogens with two attached hydrogens (primary N) is 1. The predicted molar refractivity (Wildman–Crippen MR) is 83.4 cm³/mol. The molecule has 0 spiro atoms. The number of aromatic nitrogens is 1. The summed E-state index contributed by atoms with van der Waals surface area (Å²) in [6.07, 6.45) is 4.11. The van der Waals surface area contributed by atoms with Crippen LogP contribution in [-0.4, -0.2) is 29.0 Å². The van der Waals surface area contributed by atoms with Crippen LogP contribution in [0.3, 0.4) is 0 Å². The van der Waals surface area contributed by atoms with Gasteiger partial charge in [-0.2, -0.15) is 0 Å². The molecule has 4 heteroatoms. The maximum Gasteiger partial charge on any atom is 0.132 e. The second-order valence-electron chi connectivity index (χ2n) is 6.10. The van der Waals surface area contributed by atoms with Crippen molar-refractivity contribution in [3.63, 3.8) is 0 Å². The highest BCUT2D eigenvalue weighted by atomic mass is 19.1. The zero-order valence-corrected chi connectivity index (χ0v) is 12.4. The van der Waals surface area contributed by atoms with E-state index in [0.29, 0.717) is 11.3 Å². The summed E-state index contributed by atoms with van der Waals surface area (Å²) in [5.41, 5.74) is 7.92. The fourth-order valence-electron chi connectivity index (χ4n) is 3.23. The number of hydrogen-bond donors (Lipinski definition) is 1. The lowest BCUT2D eigenvalue weighted by molar-refractivity contribution is 0.155. The molecule has 3 rings (SSSR count). The van der Waals surface area contributed by atoms with Crippen molar-refractivity contribution in [2.24, 2.45) is 11.7 Å². The minimum atomic E-state index is -0.200. The van der Waals surface area contributed by atoms with Crippen LogP contribution in [0, 0.1) is 11.7 Å². The van der Waals surface area contributed by atoms with E-state index < -0.39 is 0 Å². The van der Waals surface area contributed by atoms with E-state index in [0.717, 1.165) is 30.7 Å². The normalized spacial score (nSPS) is 21.6. The highest BCUT2D eigenvalue weighted by Crippen LogP contribution is 2.24. The first-order chi connectivity index (χ1) is 10.1. The number of halogens is 1. The molecule has 2 unspecified atom stereocenters. The zero-order chi connectivity index (χ0) is 14.8. The van der Waals surface area contributed by atoms with Crippen molar-refractivity contribution < 1.29 is 4.39 Å². The number of benzene rings is 1. The lowest BCUT2D eigenvalue weighted by Gasteiger charge is -2.34. The van der Waals surface area contributed by atoms with Crippen molar-refractivity contribution in [1.29, 1.82) is 0 Å². The second-order valence-corrected chi connectivity index (χ2v) is 6.10. The number of pyridine rings is 1. The molecule has 0 aliphatic carbocycles. The standard InChI is InChI=1S/C17H22FN3/c1-12(19)13-4-3-9-21(10-13)11-14-6-7-16(18)15-5-2-8-20-17(14)15/h2,5-8,12-13H,3-4,9-11,19H2,1H3. The van der Waals surface area contributed by atoms with Crippen molar-refractivity contribution in [2.45, 2.75) is 32.4 Å². The summed E-state index contributed by atoms with van der Waals surface area (Å²) >= 11 is 0. The quantitative estimate of drug-likeness (QED) is 0.943. The van der Waals surface area contributed by atoms with Crippen LogP contribution in [-0.2, 0) is 6.54 Å². The van der Waals surface area contributed by atoms with Crippen LogP contribution < -0.4 is 5.73 Å². The Morgan fingerprint density at radius 1 is 1.43 bits per heavy atom. The molecule has 2 heterocycles. The topological polar surface area (TPSA) is 42.1 Å². The van der Waals surface area contributed by atoms with Crippen molar-refractivity contribution in [2.75, 3.05) is 13.1 Å². The molecule has 1 fully saturated rings. The average Bonchev–Trinajstić information content (AvgIpc) is 2.51. The SMILES string of the molecule is CC(N)C1CCCN(Cc2ccc(F)c3cccnc23)C1. The van der Waals surface area contributed by atoms with Gasteiger partial charge in [0.15, 0.2) is 0 Å². The zero-order valence-electron chi connectivity index (χ0n) is 12.4. The molecule has 3 nitrogen and oxygen atoms in total. The van der Waals surface area contributed by atoms with E-state index in [4.69, 9.17) is 5.73 Å². The first-order valence-electron chi connectivity index (χ1n) is 7.65. The number of rotatable bonds is 3. The molecule has 0 amide bonds. The Morgan fingerprint density at radius 3 is 3.10 bits per heavy atom. The Bertz CT molecular complexity index is 626. The predicted octanol–water partition coefficient (Wildman–Crippen LogP) is 2.93. The molecule has 1 saturated heterocycles. The van der Waals surface area contributed by atoms with E-state index >= 15 is 0 Å². The summed E-state index contributed by atoms with van der Waals surface area (Å²) in [5, 5.41) is 0.607. The van der Waals surface area contributed by atoms with E-state index in [1.165, 1.54) is 12.8 Å². The van der Waals surface area contributed by atoms with Crippen LogP contribution >= 0.6 is 0 Å². The summed E-state index contributed by atoms with van der Waals surface area (Å²) in [6, 6.07) is 7.22. The monoisotopic (exact) mass is 287 g/mol. The maximum absolute atomic E-state index is 13.8. The summed E-state index contributed by atoms with van der Waals surface area (Å²) in [4.78, 5) is 6.79. The summed E-state index contributed by atoms with van der Waals surface area (Å²) in [6.45, 7) is 5.00. The van der Waals surface area contributed by atoms with Gasteiger partial charge in [0.25, 0.3) is 0 Å². The molecule has 0 saturated carbocycles. The molecule has 21 heavy (non-hydrogen) atoms. The highest BCUT2D eigenvalue weighted by molar-refractivity contribution is 5.82. The average molecular weight is 287 g/mol. The minimum absolute atomic E-state index is 0.200.